The summed E-state index contributed by atoms with van der Waals surface area (Å²) in [6, 6.07) is 27.8. The summed E-state index contributed by atoms with van der Waals surface area (Å²) in [7, 11) is 0. The lowest BCUT2D eigenvalue weighted by molar-refractivity contribution is 0.144. The van der Waals surface area contributed by atoms with Crippen LogP contribution in [0.3, 0.4) is 0 Å². The Balaban J connectivity index is 2.09. The number of aryl methyl sites for hydroxylation is 1. The molecule has 3 heteroatoms. The van der Waals surface area contributed by atoms with Crippen molar-refractivity contribution < 1.29 is 14.6 Å². The minimum absolute atomic E-state index is 0.330. The third-order valence-electron chi connectivity index (χ3n) is 4.72. The third kappa shape index (κ3) is 3.15. The highest BCUT2D eigenvalue weighted by Crippen LogP contribution is 2.42. The van der Waals surface area contributed by atoms with Gasteiger partial charge in [-0.2, -0.15) is 0 Å². The van der Waals surface area contributed by atoms with E-state index in [9.17, 15) is 4.79 Å². The first-order chi connectivity index (χ1) is 13.1. The average Bonchev–Trinajstić information content (AvgIpc) is 2.68. The fraction of sp³-hybridized carbons (Fsp3) is 0.0417. The zero-order valence-electron chi connectivity index (χ0n) is 14.8. The maximum atomic E-state index is 11.2. The number of rotatable bonds is 3. The highest BCUT2D eigenvalue weighted by atomic mass is 16.7. The van der Waals surface area contributed by atoms with Gasteiger partial charge in [0, 0.05) is 11.1 Å². The highest BCUT2D eigenvalue weighted by molar-refractivity contribution is 6.05. The molecule has 0 aromatic heterocycles. The van der Waals surface area contributed by atoms with Crippen LogP contribution in [0.2, 0.25) is 0 Å². The normalized spacial score (nSPS) is 10.7. The fourth-order valence-electron chi connectivity index (χ4n) is 3.52. The zero-order chi connectivity index (χ0) is 18.8. The smallest absolute Gasteiger partial charge is 0.449 e. The first kappa shape index (κ1) is 16.9. The van der Waals surface area contributed by atoms with Crippen LogP contribution >= 0.6 is 0 Å². The summed E-state index contributed by atoms with van der Waals surface area (Å²) in [5.41, 5.74) is 5.05. The van der Waals surface area contributed by atoms with Crippen LogP contribution in [-0.2, 0) is 0 Å². The van der Waals surface area contributed by atoms with Gasteiger partial charge in [0.05, 0.1) is 0 Å². The molecule has 0 unspecified atom stereocenters. The second kappa shape index (κ2) is 6.96. The summed E-state index contributed by atoms with van der Waals surface area (Å²) in [6.07, 6.45) is -1.32. The molecule has 0 fully saturated rings. The van der Waals surface area contributed by atoms with Crippen molar-refractivity contribution >= 4 is 16.9 Å². The molecule has 3 nitrogen and oxygen atoms in total. The van der Waals surface area contributed by atoms with Gasteiger partial charge in [0.1, 0.15) is 5.75 Å². The number of fused-ring (bicyclic) bond motifs is 1. The van der Waals surface area contributed by atoms with Gasteiger partial charge in [-0.3, -0.25) is 0 Å². The Morgan fingerprint density at radius 1 is 0.741 bits per heavy atom. The molecular formula is C24H18O3. The summed E-state index contributed by atoms with van der Waals surface area (Å²) >= 11 is 0. The molecule has 0 saturated heterocycles. The Kier molecular flexibility index (Phi) is 4.35. The maximum absolute atomic E-state index is 11.2. The van der Waals surface area contributed by atoms with Crippen molar-refractivity contribution in [3.8, 4) is 28.0 Å². The monoisotopic (exact) mass is 354 g/mol. The Labute approximate surface area is 157 Å². The molecule has 0 bridgehead atoms. The number of benzene rings is 4. The first-order valence-corrected chi connectivity index (χ1v) is 8.73. The van der Waals surface area contributed by atoms with Crippen molar-refractivity contribution in [2.75, 3.05) is 0 Å². The van der Waals surface area contributed by atoms with Crippen molar-refractivity contribution in [1.82, 2.24) is 0 Å². The summed E-state index contributed by atoms with van der Waals surface area (Å²) in [5, 5.41) is 11.3. The van der Waals surface area contributed by atoms with Gasteiger partial charge in [-0.25, -0.2) is 4.79 Å². The molecule has 4 aromatic rings. The minimum Gasteiger partial charge on any atom is -0.449 e. The predicted octanol–water partition coefficient (Wildman–Crippen LogP) is 6.54. The van der Waals surface area contributed by atoms with Crippen LogP contribution in [0.5, 0.6) is 5.75 Å². The van der Waals surface area contributed by atoms with Crippen molar-refractivity contribution in [2.24, 2.45) is 0 Å². The van der Waals surface area contributed by atoms with Gasteiger partial charge in [0.2, 0.25) is 0 Å². The predicted molar refractivity (Wildman–Crippen MR) is 108 cm³/mol. The fourth-order valence-corrected chi connectivity index (χ4v) is 3.52. The van der Waals surface area contributed by atoms with Crippen molar-refractivity contribution in [1.29, 1.82) is 0 Å². The lowest BCUT2D eigenvalue weighted by Gasteiger charge is -2.17. The summed E-state index contributed by atoms with van der Waals surface area (Å²) < 4.78 is 5.09. The van der Waals surface area contributed by atoms with Crippen molar-refractivity contribution in [3.63, 3.8) is 0 Å². The second-order valence-corrected chi connectivity index (χ2v) is 6.39. The Morgan fingerprint density at radius 2 is 1.41 bits per heavy atom. The molecule has 0 spiro atoms. The van der Waals surface area contributed by atoms with Gasteiger partial charge in [0.25, 0.3) is 0 Å². The topological polar surface area (TPSA) is 46.5 Å². The van der Waals surface area contributed by atoms with Gasteiger partial charge >= 0.3 is 6.16 Å². The summed E-state index contributed by atoms with van der Waals surface area (Å²) in [6.45, 7) is 2.08. The molecule has 27 heavy (non-hydrogen) atoms. The van der Waals surface area contributed by atoms with E-state index in [-0.39, 0.29) is 0 Å². The van der Waals surface area contributed by atoms with E-state index >= 15 is 0 Å². The van der Waals surface area contributed by atoms with E-state index in [0.29, 0.717) is 5.75 Å². The van der Waals surface area contributed by atoms with Crippen LogP contribution in [-0.4, -0.2) is 11.3 Å². The van der Waals surface area contributed by atoms with Crippen LogP contribution in [0.1, 0.15) is 5.56 Å². The van der Waals surface area contributed by atoms with Crippen LogP contribution in [0.15, 0.2) is 84.9 Å². The molecule has 4 aromatic carbocycles. The number of hydrogen-bond acceptors (Lipinski definition) is 2. The molecule has 0 atom stereocenters. The van der Waals surface area contributed by atoms with Crippen molar-refractivity contribution in [2.45, 2.75) is 6.92 Å². The number of ether oxygens (including phenoxy) is 1. The molecule has 132 valence electrons. The van der Waals surface area contributed by atoms with E-state index in [1.54, 1.807) is 12.1 Å². The number of hydrogen-bond donors (Lipinski definition) is 1. The summed E-state index contributed by atoms with van der Waals surface area (Å²) in [5.74, 6) is 0.330. The number of carbonyl (C=O) groups is 1. The Morgan fingerprint density at radius 3 is 2.19 bits per heavy atom. The third-order valence-corrected chi connectivity index (χ3v) is 4.72. The summed E-state index contributed by atoms with van der Waals surface area (Å²) in [4.78, 5) is 11.2. The van der Waals surface area contributed by atoms with Gasteiger partial charge in [-0.15, -0.1) is 0 Å². The van der Waals surface area contributed by atoms with Crippen LogP contribution in [0.4, 0.5) is 4.79 Å². The van der Waals surface area contributed by atoms with Gasteiger partial charge in [0.15, 0.2) is 0 Å². The molecule has 0 heterocycles. The van der Waals surface area contributed by atoms with Crippen molar-refractivity contribution in [3.05, 3.63) is 90.5 Å². The molecular weight excluding hydrogens is 336 g/mol. The molecule has 0 aliphatic heterocycles. The largest absolute Gasteiger partial charge is 0.511 e. The first-order valence-electron chi connectivity index (χ1n) is 8.73. The molecule has 1 N–H and O–H groups in total. The van der Waals surface area contributed by atoms with Gasteiger partial charge in [-0.1, -0.05) is 78.9 Å². The lowest BCUT2D eigenvalue weighted by atomic mass is 9.88. The standard InChI is InChI=1S/C24H18O3/c1-16-8-2-4-10-18(16)20-15-14-17-9-3-5-11-19(17)23(20)21-12-6-7-13-22(21)27-24(25)26/h2-15H,1H3,(H,25,26). The SMILES string of the molecule is Cc1ccccc1-c1ccc2ccccc2c1-c1ccccc1OC(=O)O. The maximum Gasteiger partial charge on any atom is 0.511 e. The number of carboxylic acid groups (broad SMARTS) is 1. The average molecular weight is 354 g/mol. The van der Waals surface area contributed by atoms with E-state index < -0.39 is 6.16 Å². The molecule has 0 radical (unpaired) electrons. The van der Waals surface area contributed by atoms with Crippen LogP contribution < -0.4 is 4.74 Å². The Hall–Kier alpha value is -3.59. The quantitative estimate of drug-likeness (QED) is 0.336. The van der Waals surface area contributed by atoms with E-state index in [4.69, 9.17) is 9.84 Å². The van der Waals surface area contributed by atoms with E-state index in [0.717, 1.165) is 38.6 Å². The van der Waals surface area contributed by atoms with Gasteiger partial charge in [-0.05, 0) is 40.5 Å². The molecule has 0 saturated carbocycles. The zero-order valence-corrected chi connectivity index (χ0v) is 14.8. The van der Waals surface area contributed by atoms with Gasteiger partial charge < -0.3 is 9.84 Å². The van der Waals surface area contributed by atoms with E-state index in [1.807, 2.05) is 36.4 Å². The molecule has 4 rings (SSSR count). The van der Waals surface area contributed by atoms with E-state index in [2.05, 4.69) is 43.3 Å². The second-order valence-electron chi connectivity index (χ2n) is 6.39. The van der Waals surface area contributed by atoms with E-state index in [1.165, 1.54) is 0 Å². The van der Waals surface area contributed by atoms with Crippen LogP contribution in [0.25, 0.3) is 33.0 Å². The molecule has 0 amide bonds. The lowest BCUT2D eigenvalue weighted by Crippen LogP contribution is -2.04. The minimum atomic E-state index is -1.32. The number of para-hydroxylation sites is 1. The molecule has 0 aliphatic carbocycles. The van der Waals surface area contributed by atoms with Crippen LogP contribution in [0, 0.1) is 6.92 Å². The molecule has 0 aliphatic rings. The Bertz CT molecular complexity index is 1150. The highest BCUT2D eigenvalue weighted by Gasteiger charge is 2.17.